The third-order valence-electron chi connectivity index (χ3n) is 2.76. The van der Waals surface area contributed by atoms with Crippen molar-refractivity contribution in [1.29, 1.82) is 0 Å². The molecule has 18 heavy (non-hydrogen) atoms. The zero-order valence-corrected chi connectivity index (χ0v) is 10.3. The minimum Gasteiger partial charge on any atom is -0.338 e. The Morgan fingerprint density at radius 1 is 1.39 bits per heavy atom. The van der Waals surface area contributed by atoms with Gasteiger partial charge in [-0.3, -0.25) is 4.21 Å². The predicted octanol–water partition coefficient (Wildman–Crippen LogP) is 2.39. The van der Waals surface area contributed by atoms with Crippen LogP contribution in [0.25, 0.3) is 0 Å². The second-order valence-electron chi connectivity index (χ2n) is 4.24. The monoisotopic (exact) mass is 266 g/mol. The van der Waals surface area contributed by atoms with E-state index in [1.807, 2.05) is 0 Å². The lowest BCUT2D eigenvalue weighted by Crippen LogP contribution is -1.99. The highest BCUT2D eigenvalue weighted by atomic mass is 32.2. The van der Waals surface area contributed by atoms with Crippen LogP contribution >= 0.6 is 0 Å². The molecular formula is C12H11FN2O2S. The molecule has 0 N–H and O–H groups in total. The van der Waals surface area contributed by atoms with Crippen molar-refractivity contribution < 1.29 is 13.1 Å². The molecule has 1 aliphatic carbocycles. The van der Waals surface area contributed by atoms with E-state index in [2.05, 4.69) is 10.1 Å². The van der Waals surface area contributed by atoms with Gasteiger partial charge in [0.2, 0.25) is 5.89 Å². The molecule has 0 radical (unpaired) electrons. The lowest BCUT2D eigenvalue weighted by molar-refractivity contribution is 0.384. The number of hydrogen-bond donors (Lipinski definition) is 0. The molecule has 0 saturated heterocycles. The molecule has 1 saturated carbocycles. The standard InChI is InChI=1S/C12H11FN2O2S/c13-9-3-1-2-4-10(9)18(16)7-11-14-12(15-17-11)8-5-6-8/h1-4,8H,5-7H2. The number of nitrogens with zero attached hydrogens (tertiary/aromatic N) is 2. The predicted molar refractivity (Wildman–Crippen MR) is 62.8 cm³/mol. The van der Waals surface area contributed by atoms with Crippen LogP contribution < -0.4 is 0 Å². The Bertz CT molecular complexity index is 595. The Hall–Kier alpha value is -1.56. The molecule has 0 bridgehead atoms. The van der Waals surface area contributed by atoms with Crippen molar-refractivity contribution in [2.45, 2.75) is 29.4 Å². The first kappa shape index (κ1) is 11.5. The minimum atomic E-state index is -1.50. The lowest BCUT2D eigenvalue weighted by Gasteiger charge is -1.99. The second kappa shape index (κ2) is 4.61. The molecule has 0 amide bonds. The molecule has 1 fully saturated rings. The van der Waals surface area contributed by atoms with Crippen molar-refractivity contribution >= 4 is 10.8 Å². The zero-order valence-electron chi connectivity index (χ0n) is 9.51. The van der Waals surface area contributed by atoms with Crippen LogP contribution in [0.4, 0.5) is 4.39 Å². The second-order valence-corrected chi connectivity index (χ2v) is 5.66. The van der Waals surface area contributed by atoms with Gasteiger partial charge in [0.05, 0.1) is 15.7 Å². The quantitative estimate of drug-likeness (QED) is 0.852. The van der Waals surface area contributed by atoms with Gasteiger partial charge in [-0.2, -0.15) is 4.98 Å². The van der Waals surface area contributed by atoms with Crippen LogP contribution in [-0.2, 0) is 16.6 Å². The summed E-state index contributed by atoms with van der Waals surface area (Å²) in [6.45, 7) is 0. The molecule has 3 rings (SSSR count). The average Bonchev–Trinajstić information content (AvgIpc) is 3.11. The summed E-state index contributed by atoms with van der Waals surface area (Å²) in [5.41, 5.74) is 0. The van der Waals surface area contributed by atoms with Crippen molar-refractivity contribution in [1.82, 2.24) is 10.1 Å². The fourth-order valence-corrected chi connectivity index (χ4v) is 2.67. The van der Waals surface area contributed by atoms with Crippen LogP contribution in [0.2, 0.25) is 0 Å². The van der Waals surface area contributed by atoms with Gasteiger partial charge in [0.1, 0.15) is 11.6 Å². The largest absolute Gasteiger partial charge is 0.338 e. The summed E-state index contributed by atoms with van der Waals surface area (Å²) in [7, 11) is -1.50. The molecular weight excluding hydrogens is 255 g/mol. The highest BCUT2D eigenvalue weighted by Crippen LogP contribution is 2.38. The SMILES string of the molecule is O=S(Cc1nc(C2CC2)no1)c1ccccc1F. The van der Waals surface area contributed by atoms with Crippen LogP contribution in [-0.4, -0.2) is 14.3 Å². The van der Waals surface area contributed by atoms with Crippen LogP contribution in [0.1, 0.15) is 30.5 Å². The number of aromatic nitrogens is 2. The molecule has 94 valence electrons. The molecule has 1 heterocycles. The summed E-state index contributed by atoms with van der Waals surface area (Å²) in [4.78, 5) is 4.34. The van der Waals surface area contributed by atoms with E-state index in [9.17, 15) is 8.60 Å². The first-order valence-electron chi connectivity index (χ1n) is 5.69. The van der Waals surface area contributed by atoms with Crippen LogP contribution in [0.5, 0.6) is 0 Å². The van der Waals surface area contributed by atoms with E-state index in [1.54, 1.807) is 12.1 Å². The van der Waals surface area contributed by atoms with Crippen molar-refractivity contribution in [3.8, 4) is 0 Å². The Labute approximate surface area is 106 Å². The van der Waals surface area contributed by atoms with E-state index in [4.69, 9.17) is 4.52 Å². The molecule has 1 aliphatic rings. The summed E-state index contributed by atoms with van der Waals surface area (Å²) >= 11 is 0. The molecule has 4 nitrogen and oxygen atoms in total. The van der Waals surface area contributed by atoms with Crippen molar-refractivity contribution in [3.63, 3.8) is 0 Å². The fourth-order valence-electron chi connectivity index (χ4n) is 1.65. The van der Waals surface area contributed by atoms with E-state index in [0.717, 1.165) is 12.8 Å². The molecule has 1 unspecified atom stereocenters. The van der Waals surface area contributed by atoms with E-state index in [-0.39, 0.29) is 10.6 Å². The summed E-state index contributed by atoms with van der Waals surface area (Å²) in [6.07, 6.45) is 2.16. The number of benzene rings is 1. The zero-order chi connectivity index (χ0) is 12.5. The molecule has 6 heteroatoms. The normalized spacial score (nSPS) is 16.7. The smallest absolute Gasteiger partial charge is 0.239 e. The average molecular weight is 266 g/mol. The topological polar surface area (TPSA) is 56.0 Å². The van der Waals surface area contributed by atoms with E-state index >= 15 is 0 Å². The van der Waals surface area contributed by atoms with Gasteiger partial charge in [-0.25, -0.2) is 4.39 Å². The highest BCUT2D eigenvalue weighted by Gasteiger charge is 2.29. The maximum atomic E-state index is 13.4. The van der Waals surface area contributed by atoms with Gasteiger partial charge in [-0.1, -0.05) is 17.3 Å². The Kier molecular flexibility index (Phi) is 2.95. The van der Waals surface area contributed by atoms with Crippen LogP contribution in [0.3, 0.4) is 0 Å². The van der Waals surface area contributed by atoms with E-state index in [0.29, 0.717) is 17.6 Å². The molecule has 1 aromatic heterocycles. The first-order valence-corrected chi connectivity index (χ1v) is 7.01. The van der Waals surface area contributed by atoms with Crippen LogP contribution in [0.15, 0.2) is 33.7 Å². The molecule has 1 aromatic carbocycles. The fraction of sp³-hybridized carbons (Fsp3) is 0.333. The molecule has 2 aromatic rings. The van der Waals surface area contributed by atoms with Gasteiger partial charge in [0.25, 0.3) is 0 Å². The van der Waals surface area contributed by atoms with Gasteiger partial charge < -0.3 is 4.52 Å². The maximum Gasteiger partial charge on any atom is 0.239 e. The minimum absolute atomic E-state index is 0.0562. The lowest BCUT2D eigenvalue weighted by atomic mass is 10.3. The Morgan fingerprint density at radius 3 is 2.89 bits per heavy atom. The van der Waals surface area contributed by atoms with Crippen LogP contribution in [0, 0.1) is 5.82 Å². The van der Waals surface area contributed by atoms with Gasteiger partial charge in [-0.15, -0.1) is 0 Å². The number of halogens is 1. The number of rotatable bonds is 4. The van der Waals surface area contributed by atoms with Gasteiger partial charge in [-0.05, 0) is 25.0 Å². The molecule has 0 spiro atoms. The third kappa shape index (κ3) is 2.33. The van der Waals surface area contributed by atoms with Gasteiger partial charge in [0.15, 0.2) is 5.82 Å². The third-order valence-corrected chi connectivity index (χ3v) is 4.09. The van der Waals surface area contributed by atoms with Gasteiger partial charge in [0, 0.05) is 5.92 Å². The van der Waals surface area contributed by atoms with E-state index < -0.39 is 16.6 Å². The van der Waals surface area contributed by atoms with Gasteiger partial charge >= 0.3 is 0 Å². The molecule has 1 atom stereocenters. The van der Waals surface area contributed by atoms with E-state index in [1.165, 1.54) is 12.1 Å². The number of hydrogen-bond acceptors (Lipinski definition) is 4. The van der Waals surface area contributed by atoms with Crippen molar-refractivity contribution in [2.75, 3.05) is 0 Å². The Balaban J connectivity index is 1.75. The molecule has 0 aliphatic heterocycles. The summed E-state index contributed by atoms with van der Waals surface area (Å²) in [5, 5.41) is 3.83. The summed E-state index contributed by atoms with van der Waals surface area (Å²) < 4.78 is 30.4. The van der Waals surface area contributed by atoms with Crippen molar-refractivity contribution in [3.05, 3.63) is 41.8 Å². The maximum absolute atomic E-state index is 13.4. The summed E-state index contributed by atoms with van der Waals surface area (Å²) in [5.74, 6) is 0.955. The first-order chi connectivity index (χ1) is 8.74. The Morgan fingerprint density at radius 2 is 2.17 bits per heavy atom. The summed E-state index contributed by atoms with van der Waals surface area (Å²) in [6, 6.07) is 6.01. The highest BCUT2D eigenvalue weighted by molar-refractivity contribution is 7.84. The van der Waals surface area contributed by atoms with Crippen molar-refractivity contribution in [2.24, 2.45) is 0 Å².